The number of esters is 1. The third-order valence-corrected chi connectivity index (χ3v) is 3.28. The maximum Gasteiger partial charge on any atom is 0.309 e. The van der Waals surface area contributed by atoms with Crippen LogP contribution >= 0.6 is 0 Å². The first-order chi connectivity index (χ1) is 8.37. The minimum Gasteiger partial charge on any atom is -0.460 e. The molecule has 18 heavy (non-hydrogen) atoms. The molecule has 0 spiro atoms. The average molecular weight is 260 g/mol. The first-order valence-corrected chi connectivity index (χ1v) is 6.65. The number of carbonyl (C=O) groups excluding carboxylic acids is 1. The molecule has 4 nitrogen and oxygen atoms in total. The molecular weight excluding hydrogens is 232 g/mol. The SMILES string of the molecule is CC[C@H]1C[C@@H](CO)C[C@H]1C(=O)OC(C)(C)C.CO. The minimum atomic E-state index is -0.410. The van der Waals surface area contributed by atoms with Gasteiger partial charge in [-0.1, -0.05) is 13.3 Å². The normalized spacial score (nSPS) is 27.4. The molecule has 0 aromatic heterocycles. The van der Waals surface area contributed by atoms with Crippen molar-refractivity contribution >= 4 is 5.97 Å². The van der Waals surface area contributed by atoms with E-state index in [0.29, 0.717) is 5.92 Å². The summed E-state index contributed by atoms with van der Waals surface area (Å²) >= 11 is 0. The smallest absolute Gasteiger partial charge is 0.309 e. The van der Waals surface area contributed by atoms with Gasteiger partial charge in [0.15, 0.2) is 0 Å². The summed E-state index contributed by atoms with van der Waals surface area (Å²) < 4.78 is 5.43. The lowest BCUT2D eigenvalue weighted by Crippen LogP contribution is -2.30. The van der Waals surface area contributed by atoms with Gasteiger partial charge in [0.1, 0.15) is 5.60 Å². The van der Waals surface area contributed by atoms with Gasteiger partial charge in [-0.2, -0.15) is 0 Å². The number of hydrogen-bond acceptors (Lipinski definition) is 4. The summed E-state index contributed by atoms with van der Waals surface area (Å²) in [6.07, 6.45) is 2.72. The van der Waals surface area contributed by atoms with E-state index in [-0.39, 0.29) is 24.4 Å². The summed E-state index contributed by atoms with van der Waals surface area (Å²) in [6.45, 7) is 7.97. The molecule has 1 rings (SSSR count). The number of hydrogen-bond donors (Lipinski definition) is 2. The molecule has 1 aliphatic carbocycles. The van der Waals surface area contributed by atoms with Gasteiger partial charge < -0.3 is 14.9 Å². The van der Waals surface area contributed by atoms with Crippen LogP contribution in [-0.4, -0.2) is 35.5 Å². The number of rotatable bonds is 3. The number of carbonyl (C=O) groups is 1. The Morgan fingerprint density at radius 2 is 1.83 bits per heavy atom. The molecule has 2 N–H and O–H groups in total. The zero-order chi connectivity index (χ0) is 14.3. The Bertz CT molecular complexity index is 245. The molecule has 1 fully saturated rings. The Hall–Kier alpha value is -0.610. The number of aliphatic hydroxyl groups is 2. The fourth-order valence-corrected chi connectivity index (χ4v) is 2.51. The van der Waals surface area contributed by atoms with Crippen LogP contribution in [0.5, 0.6) is 0 Å². The maximum atomic E-state index is 12.0. The number of aliphatic hydroxyl groups excluding tert-OH is 2. The zero-order valence-electron chi connectivity index (χ0n) is 12.3. The standard InChI is InChI=1S/C13H24O3.CH4O/c1-5-10-6-9(8-14)7-11(10)12(15)16-13(2,3)4;1-2/h9-11,14H,5-8H2,1-4H3;2H,1H3/t9-,10+,11-;/m1./s1. The summed E-state index contributed by atoms with van der Waals surface area (Å²) in [5.41, 5.74) is -0.410. The van der Waals surface area contributed by atoms with Crippen molar-refractivity contribution in [1.82, 2.24) is 0 Å². The van der Waals surface area contributed by atoms with Crippen LogP contribution in [0.4, 0.5) is 0 Å². The fourth-order valence-electron chi connectivity index (χ4n) is 2.51. The predicted octanol–water partition coefficient (Wildman–Crippen LogP) is 1.98. The minimum absolute atomic E-state index is 0.0126. The van der Waals surface area contributed by atoms with Crippen molar-refractivity contribution in [2.75, 3.05) is 13.7 Å². The first kappa shape index (κ1) is 17.4. The molecule has 4 heteroatoms. The molecule has 0 aromatic rings. The summed E-state index contributed by atoms with van der Waals surface area (Å²) in [5, 5.41) is 16.2. The van der Waals surface area contributed by atoms with E-state index in [0.717, 1.165) is 26.4 Å². The van der Waals surface area contributed by atoms with Gasteiger partial charge in [0.25, 0.3) is 0 Å². The second kappa shape index (κ2) is 7.74. The molecule has 0 saturated heterocycles. The largest absolute Gasteiger partial charge is 0.460 e. The zero-order valence-corrected chi connectivity index (χ0v) is 12.3. The van der Waals surface area contributed by atoms with Crippen molar-refractivity contribution in [2.24, 2.45) is 17.8 Å². The summed E-state index contributed by atoms with van der Waals surface area (Å²) in [6, 6.07) is 0. The van der Waals surface area contributed by atoms with E-state index in [1.54, 1.807) is 0 Å². The topological polar surface area (TPSA) is 66.8 Å². The molecule has 0 aliphatic heterocycles. The van der Waals surface area contributed by atoms with Gasteiger partial charge in [-0.25, -0.2) is 0 Å². The molecule has 0 heterocycles. The Labute approximate surface area is 110 Å². The van der Waals surface area contributed by atoms with Crippen LogP contribution in [0.2, 0.25) is 0 Å². The highest BCUT2D eigenvalue weighted by molar-refractivity contribution is 5.73. The van der Waals surface area contributed by atoms with Crippen LogP contribution in [0.1, 0.15) is 47.0 Å². The highest BCUT2D eigenvalue weighted by Gasteiger charge is 2.39. The lowest BCUT2D eigenvalue weighted by atomic mass is 9.93. The van der Waals surface area contributed by atoms with E-state index < -0.39 is 5.60 Å². The van der Waals surface area contributed by atoms with Crippen molar-refractivity contribution in [1.29, 1.82) is 0 Å². The van der Waals surface area contributed by atoms with E-state index in [4.69, 9.17) is 14.9 Å². The predicted molar refractivity (Wildman–Crippen MR) is 71.1 cm³/mol. The van der Waals surface area contributed by atoms with Crippen molar-refractivity contribution in [3.63, 3.8) is 0 Å². The molecule has 0 bridgehead atoms. The van der Waals surface area contributed by atoms with Gasteiger partial charge in [0, 0.05) is 13.7 Å². The van der Waals surface area contributed by atoms with Gasteiger partial charge in [-0.05, 0) is 45.4 Å². The van der Waals surface area contributed by atoms with Crippen molar-refractivity contribution in [2.45, 2.75) is 52.6 Å². The van der Waals surface area contributed by atoms with Crippen LogP contribution in [-0.2, 0) is 9.53 Å². The van der Waals surface area contributed by atoms with Gasteiger partial charge in [-0.3, -0.25) is 4.79 Å². The van der Waals surface area contributed by atoms with Crippen molar-refractivity contribution in [3.05, 3.63) is 0 Å². The highest BCUT2D eigenvalue weighted by atomic mass is 16.6. The Morgan fingerprint density at radius 1 is 1.28 bits per heavy atom. The van der Waals surface area contributed by atoms with E-state index in [1.807, 2.05) is 20.8 Å². The molecular formula is C14H28O4. The number of ether oxygens (including phenoxy) is 1. The molecule has 0 radical (unpaired) electrons. The molecule has 3 atom stereocenters. The van der Waals surface area contributed by atoms with Crippen LogP contribution < -0.4 is 0 Å². The van der Waals surface area contributed by atoms with E-state index in [2.05, 4.69) is 6.92 Å². The third-order valence-electron chi connectivity index (χ3n) is 3.28. The monoisotopic (exact) mass is 260 g/mol. The van der Waals surface area contributed by atoms with Gasteiger partial charge in [0.2, 0.25) is 0 Å². The van der Waals surface area contributed by atoms with E-state index >= 15 is 0 Å². The first-order valence-electron chi connectivity index (χ1n) is 6.65. The van der Waals surface area contributed by atoms with Gasteiger partial charge in [0.05, 0.1) is 5.92 Å². The molecule has 108 valence electrons. The molecule has 0 unspecified atom stereocenters. The van der Waals surface area contributed by atoms with Crippen LogP contribution in [0.15, 0.2) is 0 Å². The van der Waals surface area contributed by atoms with E-state index in [1.165, 1.54) is 0 Å². The Kier molecular flexibility index (Phi) is 7.48. The summed E-state index contributed by atoms with van der Waals surface area (Å²) in [5.74, 6) is 0.561. The third kappa shape index (κ3) is 5.36. The molecule has 1 saturated carbocycles. The van der Waals surface area contributed by atoms with Crippen LogP contribution in [0.25, 0.3) is 0 Å². The molecule has 0 amide bonds. The quantitative estimate of drug-likeness (QED) is 0.761. The van der Waals surface area contributed by atoms with Gasteiger partial charge in [-0.15, -0.1) is 0 Å². The van der Waals surface area contributed by atoms with Gasteiger partial charge >= 0.3 is 5.97 Å². The molecule has 1 aliphatic rings. The highest BCUT2D eigenvalue weighted by Crippen LogP contribution is 2.39. The van der Waals surface area contributed by atoms with Crippen LogP contribution in [0.3, 0.4) is 0 Å². The fraction of sp³-hybridized carbons (Fsp3) is 0.929. The Morgan fingerprint density at radius 3 is 2.22 bits per heavy atom. The average Bonchev–Trinajstić information content (AvgIpc) is 2.72. The second-order valence-electron chi connectivity index (χ2n) is 5.83. The van der Waals surface area contributed by atoms with Crippen molar-refractivity contribution < 1.29 is 19.7 Å². The second-order valence-corrected chi connectivity index (χ2v) is 5.83. The summed E-state index contributed by atoms with van der Waals surface area (Å²) in [7, 11) is 1.00. The molecule has 0 aromatic carbocycles. The van der Waals surface area contributed by atoms with Crippen molar-refractivity contribution in [3.8, 4) is 0 Å². The lowest BCUT2D eigenvalue weighted by molar-refractivity contribution is -0.161. The van der Waals surface area contributed by atoms with Crippen LogP contribution in [0, 0.1) is 17.8 Å². The Balaban J connectivity index is 0.00000137. The van der Waals surface area contributed by atoms with E-state index in [9.17, 15) is 4.79 Å². The lowest BCUT2D eigenvalue weighted by Gasteiger charge is -2.24. The maximum absolute atomic E-state index is 12.0. The summed E-state index contributed by atoms with van der Waals surface area (Å²) in [4.78, 5) is 12.0.